The molecule has 0 bridgehead atoms. The van der Waals surface area contributed by atoms with Gasteiger partial charge in [-0.1, -0.05) is 0 Å². The minimum Gasteiger partial charge on any atom is -0.497 e. The average Bonchev–Trinajstić information content (AvgIpc) is 3.05. The van der Waals surface area contributed by atoms with Crippen LogP contribution in [0.4, 0.5) is 5.69 Å². The number of carboxylic acids is 1. The smallest absolute Gasteiger partial charge is 0.349 e. The van der Waals surface area contributed by atoms with E-state index < -0.39 is 48.0 Å². The largest absolute Gasteiger partial charge is 0.497 e. The Labute approximate surface area is 273 Å². The Balaban J connectivity index is 2.03. The second-order valence-electron chi connectivity index (χ2n) is 9.46. The van der Waals surface area contributed by atoms with Crippen LogP contribution in [0.25, 0.3) is 0 Å². The molecule has 16 heteroatoms. The molecule has 2 atom stereocenters. The Morgan fingerprint density at radius 1 is 0.583 bits per heavy atom. The van der Waals surface area contributed by atoms with Crippen molar-refractivity contribution in [2.45, 2.75) is 26.1 Å². The third-order valence-corrected chi connectivity index (χ3v) is 6.22. The Kier molecular flexibility index (Phi) is 12.3. The summed E-state index contributed by atoms with van der Waals surface area (Å²) < 4.78 is 41.3. The lowest BCUT2D eigenvalue weighted by atomic mass is 10.1. The van der Waals surface area contributed by atoms with E-state index in [4.69, 9.17) is 37.9 Å². The van der Waals surface area contributed by atoms with Crippen molar-refractivity contribution in [3.8, 4) is 34.5 Å². The molecule has 1 amide bonds. The molecule has 48 heavy (non-hydrogen) atoms. The van der Waals surface area contributed by atoms with Crippen molar-refractivity contribution in [2.75, 3.05) is 33.8 Å². The number of anilines is 1. The molecule has 0 aliphatic carbocycles. The number of aliphatic carboxylic acids is 1. The summed E-state index contributed by atoms with van der Waals surface area (Å²) in [5, 5.41) is 12.5. The van der Waals surface area contributed by atoms with Crippen molar-refractivity contribution in [1.29, 1.82) is 0 Å². The molecular weight excluding hydrogens is 638 g/mol. The first-order chi connectivity index (χ1) is 22.8. The predicted molar refractivity (Wildman–Crippen MR) is 163 cm³/mol. The van der Waals surface area contributed by atoms with Crippen molar-refractivity contribution < 1.29 is 71.8 Å². The highest BCUT2D eigenvalue weighted by Gasteiger charge is 2.41. The first kappa shape index (κ1) is 36.2. The summed E-state index contributed by atoms with van der Waals surface area (Å²) in [6, 6.07) is 11.3. The van der Waals surface area contributed by atoms with Gasteiger partial charge in [-0.15, -0.1) is 0 Å². The number of esters is 4. The number of carbonyl (C=O) groups excluding carboxylic acids is 5. The summed E-state index contributed by atoms with van der Waals surface area (Å²) in [5.74, 6) is -6.73. The van der Waals surface area contributed by atoms with E-state index in [1.165, 1.54) is 64.8 Å². The number of hydrogen-bond acceptors (Lipinski definition) is 14. The fourth-order valence-corrected chi connectivity index (χ4v) is 4.04. The summed E-state index contributed by atoms with van der Waals surface area (Å²) in [6.07, 6.45) is -4.73. The van der Waals surface area contributed by atoms with E-state index in [9.17, 15) is 33.9 Å². The summed E-state index contributed by atoms with van der Waals surface area (Å²) >= 11 is 0. The molecule has 0 saturated carbocycles. The number of carboxylic acid groups (broad SMARTS) is 1. The molecule has 0 aromatic heterocycles. The van der Waals surface area contributed by atoms with Gasteiger partial charge in [0, 0.05) is 19.9 Å². The summed E-state index contributed by atoms with van der Waals surface area (Å²) in [6.45, 7) is 2.30. The quantitative estimate of drug-likeness (QED) is 0.187. The van der Waals surface area contributed by atoms with Gasteiger partial charge in [-0.3, -0.25) is 14.4 Å². The van der Waals surface area contributed by atoms with Gasteiger partial charge in [-0.25, -0.2) is 14.4 Å². The number of nitrogens with one attached hydrogen (secondary N) is 1. The zero-order chi connectivity index (χ0) is 35.5. The zero-order valence-electron chi connectivity index (χ0n) is 26.5. The van der Waals surface area contributed by atoms with Crippen LogP contribution in [0.1, 0.15) is 34.6 Å². The van der Waals surface area contributed by atoms with Gasteiger partial charge in [0.15, 0.2) is 23.0 Å². The minimum atomic E-state index is -2.42. The SMILES string of the molecule is COc1ccc(OC)c(NC(=O)[C@H](OC(=O)c2ccc(OC(C)=O)c(OC)c2)[C@@H](OC(=O)c2ccc(OC(C)=O)c(OC)c2)C(=O)O)c1. The predicted octanol–water partition coefficient (Wildman–Crippen LogP) is 3.05. The molecule has 0 fully saturated rings. The molecule has 0 spiro atoms. The Morgan fingerprint density at radius 2 is 1.04 bits per heavy atom. The van der Waals surface area contributed by atoms with E-state index in [1.54, 1.807) is 0 Å². The number of benzene rings is 3. The van der Waals surface area contributed by atoms with Crippen molar-refractivity contribution in [1.82, 2.24) is 0 Å². The number of rotatable bonds is 14. The maximum absolute atomic E-state index is 13.7. The topological polar surface area (TPSA) is 209 Å². The van der Waals surface area contributed by atoms with Crippen molar-refractivity contribution in [3.05, 3.63) is 65.7 Å². The molecule has 0 aliphatic heterocycles. The Bertz CT molecular complexity index is 1720. The Hall–Kier alpha value is -6.32. The van der Waals surface area contributed by atoms with Gasteiger partial charge in [0.05, 0.1) is 45.3 Å². The first-order valence-corrected chi connectivity index (χ1v) is 13.7. The van der Waals surface area contributed by atoms with E-state index in [2.05, 4.69) is 5.32 Å². The molecule has 0 aliphatic rings. The Morgan fingerprint density at radius 3 is 1.46 bits per heavy atom. The molecule has 16 nitrogen and oxygen atoms in total. The summed E-state index contributed by atoms with van der Waals surface area (Å²) in [7, 11) is 5.15. The number of methoxy groups -OCH3 is 4. The normalized spacial score (nSPS) is 11.5. The van der Waals surface area contributed by atoms with Gasteiger partial charge in [0.25, 0.3) is 5.91 Å². The lowest BCUT2D eigenvalue weighted by Gasteiger charge is -2.24. The van der Waals surface area contributed by atoms with E-state index in [0.717, 1.165) is 32.0 Å². The highest BCUT2D eigenvalue weighted by Crippen LogP contribution is 2.32. The average molecular weight is 670 g/mol. The van der Waals surface area contributed by atoms with Crippen LogP contribution in [-0.2, 0) is 28.7 Å². The zero-order valence-corrected chi connectivity index (χ0v) is 26.5. The number of amides is 1. The molecule has 2 N–H and O–H groups in total. The van der Waals surface area contributed by atoms with Crippen LogP contribution in [0.5, 0.6) is 34.5 Å². The van der Waals surface area contributed by atoms with Gasteiger partial charge < -0.3 is 48.3 Å². The van der Waals surface area contributed by atoms with E-state index in [1.807, 2.05) is 0 Å². The molecule has 3 aromatic rings. The van der Waals surface area contributed by atoms with Gasteiger partial charge in [0.2, 0.25) is 12.2 Å². The molecule has 0 unspecified atom stereocenters. The fourth-order valence-electron chi connectivity index (χ4n) is 4.04. The molecule has 0 saturated heterocycles. The highest BCUT2D eigenvalue weighted by atomic mass is 16.6. The third kappa shape index (κ3) is 9.12. The van der Waals surface area contributed by atoms with E-state index >= 15 is 0 Å². The van der Waals surface area contributed by atoms with Gasteiger partial charge >= 0.3 is 29.8 Å². The van der Waals surface area contributed by atoms with E-state index in [0.29, 0.717) is 0 Å². The second kappa shape index (κ2) is 16.3. The van der Waals surface area contributed by atoms with E-state index in [-0.39, 0.29) is 51.3 Å². The lowest BCUT2D eigenvalue weighted by Crippen LogP contribution is -2.48. The standard InChI is InChI=1S/C32H31NO15/c1-16(34)45-23-10-7-18(13-25(23)43-5)31(39)47-27(29(36)33-21-15-20(41-3)9-12-22(21)42-4)28(30(37)38)48-32(40)19-8-11-24(46-17(2)35)26(14-19)44-6/h7-15,27-28H,1-6H3,(H,33,36)(H,37,38)/t27-,28-/m1/s1. The number of ether oxygens (including phenoxy) is 8. The first-order valence-electron chi connectivity index (χ1n) is 13.7. The molecule has 0 heterocycles. The molecule has 3 rings (SSSR count). The highest BCUT2D eigenvalue weighted by molar-refractivity contribution is 6.02. The molecule has 0 radical (unpaired) electrons. The van der Waals surface area contributed by atoms with Crippen LogP contribution >= 0.6 is 0 Å². The molecule has 3 aromatic carbocycles. The van der Waals surface area contributed by atoms with Crippen molar-refractivity contribution in [3.63, 3.8) is 0 Å². The minimum absolute atomic E-state index is 0.00318. The summed E-state index contributed by atoms with van der Waals surface area (Å²) in [4.78, 5) is 75.5. The molecule has 254 valence electrons. The maximum atomic E-state index is 13.7. The third-order valence-electron chi connectivity index (χ3n) is 6.22. The van der Waals surface area contributed by atoms with Crippen LogP contribution in [0.15, 0.2) is 54.6 Å². The lowest BCUT2D eigenvalue weighted by molar-refractivity contribution is -0.157. The van der Waals surface area contributed by atoms with Gasteiger partial charge in [-0.05, 0) is 48.5 Å². The van der Waals surface area contributed by atoms with Crippen molar-refractivity contribution in [2.24, 2.45) is 0 Å². The van der Waals surface area contributed by atoms with Crippen molar-refractivity contribution >= 4 is 41.4 Å². The monoisotopic (exact) mass is 669 g/mol. The fraction of sp³-hybridized carbons (Fsp3) is 0.250. The van der Waals surface area contributed by atoms with Crippen LogP contribution in [0.2, 0.25) is 0 Å². The van der Waals surface area contributed by atoms with Gasteiger partial charge in [0.1, 0.15) is 11.5 Å². The summed E-state index contributed by atoms with van der Waals surface area (Å²) in [5.41, 5.74) is -0.517. The number of carbonyl (C=O) groups is 6. The van der Waals surface area contributed by atoms with Crippen LogP contribution < -0.4 is 33.7 Å². The van der Waals surface area contributed by atoms with Crippen LogP contribution in [0.3, 0.4) is 0 Å². The van der Waals surface area contributed by atoms with Gasteiger partial charge in [-0.2, -0.15) is 0 Å². The second-order valence-corrected chi connectivity index (χ2v) is 9.46. The maximum Gasteiger partial charge on any atom is 0.349 e. The van der Waals surface area contributed by atoms with Crippen LogP contribution in [0, 0.1) is 0 Å². The number of hydrogen-bond donors (Lipinski definition) is 2. The molecular formula is C32H31NO15. The van der Waals surface area contributed by atoms with Crippen LogP contribution in [-0.4, -0.2) is 81.5 Å².